The highest BCUT2D eigenvalue weighted by Crippen LogP contribution is 2.24. The van der Waals surface area contributed by atoms with E-state index >= 15 is 0 Å². The predicted octanol–water partition coefficient (Wildman–Crippen LogP) is 3.99. The highest BCUT2D eigenvalue weighted by atomic mass is 79.9. The zero-order chi connectivity index (χ0) is 17.3. The minimum absolute atomic E-state index is 0.279. The van der Waals surface area contributed by atoms with Gasteiger partial charge in [0, 0.05) is 29.5 Å². The lowest BCUT2D eigenvalue weighted by Gasteiger charge is -2.05. The molecule has 24 heavy (non-hydrogen) atoms. The van der Waals surface area contributed by atoms with Gasteiger partial charge in [-0.1, -0.05) is 29.3 Å². The Labute approximate surface area is 156 Å². The number of aromatic nitrogens is 4. The molecule has 0 radical (unpaired) electrons. The third-order valence-corrected chi connectivity index (χ3v) is 4.43. The molecule has 0 spiro atoms. The lowest BCUT2D eigenvalue weighted by Crippen LogP contribution is -2.12. The maximum Gasteiger partial charge on any atom is 0.260 e. The molecule has 9 heteroatoms. The van der Waals surface area contributed by atoms with Gasteiger partial charge in [0.2, 0.25) is 0 Å². The van der Waals surface area contributed by atoms with E-state index in [-0.39, 0.29) is 5.91 Å². The van der Waals surface area contributed by atoms with Crippen molar-refractivity contribution in [3.63, 3.8) is 0 Å². The Morgan fingerprint density at radius 2 is 2.12 bits per heavy atom. The molecule has 0 unspecified atom stereocenters. The summed E-state index contributed by atoms with van der Waals surface area (Å²) in [5.74, 6) is 0.146. The smallest absolute Gasteiger partial charge is 0.260 e. The van der Waals surface area contributed by atoms with Crippen molar-refractivity contribution < 1.29 is 4.79 Å². The molecule has 0 aliphatic rings. The van der Waals surface area contributed by atoms with Crippen molar-refractivity contribution in [3.05, 3.63) is 62.4 Å². The summed E-state index contributed by atoms with van der Waals surface area (Å²) >= 11 is 15.5. The van der Waals surface area contributed by atoms with Crippen LogP contribution in [-0.2, 0) is 13.6 Å². The number of benzene rings is 1. The highest BCUT2D eigenvalue weighted by molar-refractivity contribution is 9.10. The van der Waals surface area contributed by atoms with Crippen LogP contribution < -0.4 is 5.32 Å². The fourth-order valence-electron chi connectivity index (χ4n) is 2.11. The first-order valence-electron chi connectivity index (χ1n) is 6.89. The molecule has 3 aromatic rings. The number of halogens is 3. The van der Waals surface area contributed by atoms with E-state index < -0.39 is 0 Å². The average molecular weight is 429 g/mol. The number of rotatable bonds is 4. The van der Waals surface area contributed by atoms with Crippen LogP contribution in [-0.4, -0.2) is 25.5 Å². The van der Waals surface area contributed by atoms with Crippen LogP contribution in [0.4, 0.5) is 5.82 Å². The Morgan fingerprint density at radius 3 is 2.79 bits per heavy atom. The molecule has 0 saturated carbocycles. The number of carbonyl (C=O) groups is 1. The van der Waals surface area contributed by atoms with E-state index in [0.717, 1.165) is 5.56 Å². The van der Waals surface area contributed by atoms with Crippen molar-refractivity contribution in [2.75, 3.05) is 5.32 Å². The van der Waals surface area contributed by atoms with Crippen molar-refractivity contribution in [2.45, 2.75) is 6.54 Å². The fraction of sp³-hybridized carbons (Fsp3) is 0.133. The number of anilines is 1. The minimum Gasteiger partial charge on any atom is -0.304 e. The minimum atomic E-state index is -0.279. The summed E-state index contributed by atoms with van der Waals surface area (Å²) < 4.78 is 3.91. The molecule has 0 saturated heterocycles. The number of amides is 1. The third kappa shape index (κ3) is 3.80. The zero-order valence-corrected chi connectivity index (χ0v) is 15.6. The number of carbonyl (C=O) groups excluding carboxylic acids is 1. The molecule has 1 N–H and O–H groups in total. The summed E-state index contributed by atoms with van der Waals surface area (Å²) in [4.78, 5) is 12.2. The molecule has 2 aromatic heterocycles. The van der Waals surface area contributed by atoms with Gasteiger partial charge in [0.25, 0.3) is 5.91 Å². The van der Waals surface area contributed by atoms with Gasteiger partial charge in [0.05, 0.1) is 22.8 Å². The monoisotopic (exact) mass is 427 g/mol. The molecule has 1 aromatic carbocycles. The van der Waals surface area contributed by atoms with Gasteiger partial charge >= 0.3 is 0 Å². The van der Waals surface area contributed by atoms with Crippen LogP contribution in [0.15, 0.2) is 41.3 Å². The van der Waals surface area contributed by atoms with Crippen LogP contribution in [0, 0.1) is 0 Å². The van der Waals surface area contributed by atoms with Gasteiger partial charge in [-0.25, -0.2) is 0 Å². The van der Waals surface area contributed by atoms with Crippen LogP contribution in [0.2, 0.25) is 10.0 Å². The summed E-state index contributed by atoms with van der Waals surface area (Å²) in [6, 6.07) is 5.29. The van der Waals surface area contributed by atoms with Crippen LogP contribution in [0.25, 0.3) is 0 Å². The third-order valence-electron chi connectivity index (χ3n) is 3.26. The van der Waals surface area contributed by atoms with Crippen molar-refractivity contribution in [1.29, 1.82) is 0 Å². The largest absolute Gasteiger partial charge is 0.304 e. The lowest BCUT2D eigenvalue weighted by molar-refractivity contribution is 0.102. The first kappa shape index (κ1) is 17.0. The summed E-state index contributed by atoms with van der Waals surface area (Å²) in [6.07, 6.45) is 4.89. The van der Waals surface area contributed by atoms with Gasteiger partial charge < -0.3 is 5.32 Å². The highest BCUT2D eigenvalue weighted by Gasteiger charge is 2.14. The standard InChI is InChI=1S/C15H12BrCl2N5O/c1-22-6-10(5-19-22)15(24)20-14-12(16)8-23(21-14)7-9-2-3-11(17)4-13(9)18/h2-6,8H,7H2,1H3,(H,20,21,24). The molecule has 1 amide bonds. The molecule has 0 aliphatic heterocycles. The van der Waals surface area contributed by atoms with Gasteiger partial charge in [-0.15, -0.1) is 0 Å². The van der Waals surface area contributed by atoms with E-state index in [4.69, 9.17) is 23.2 Å². The van der Waals surface area contributed by atoms with Gasteiger partial charge in [0.1, 0.15) is 0 Å². The maximum atomic E-state index is 12.2. The Hall–Kier alpha value is -1.83. The normalized spacial score (nSPS) is 10.8. The molecule has 0 bridgehead atoms. The molecule has 6 nitrogen and oxygen atoms in total. The summed E-state index contributed by atoms with van der Waals surface area (Å²) in [5, 5.41) is 12.2. The van der Waals surface area contributed by atoms with Gasteiger partial charge in [-0.3, -0.25) is 14.2 Å². The predicted molar refractivity (Wildman–Crippen MR) is 96.7 cm³/mol. The second-order valence-corrected chi connectivity index (χ2v) is 6.81. The number of aryl methyl sites for hydroxylation is 1. The second-order valence-electron chi connectivity index (χ2n) is 5.12. The SMILES string of the molecule is Cn1cc(C(=O)Nc2nn(Cc3ccc(Cl)cc3Cl)cc2Br)cn1. The van der Waals surface area contributed by atoms with Crippen LogP contribution in [0.3, 0.4) is 0 Å². The Balaban J connectivity index is 1.76. The fourth-order valence-corrected chi connectivity index (χ4v) is 2.99. The molecular formula is C15H12BrCl2N5O. The van der Waals surface area contributed by atoms with E-state index in [1.165, 1.54) is 6.20 Å². The first-order chi connectivity index (χ1) is 11.4. The van der Waals surface area contributed by atoms with E-state index in [1.807, 2.05) is 6.07 Å². The van der Waals surface area contributed by atoms with E-state index in [1.54, 1.807) is 40.9 Å². The second kappa shape index (κ2) is 6.96. The molecule has 0 fully saturated rings. The van der Waals surface area contributed by atoms with Gasteiger partial charge in [0.15, 0.2) is 5.82 Å². The van der Waals surface area contributed by atoms with Crippen LogP contribution >= 0.6 is 39.1 Å². The molecule has 124 valence electrons. The number of nitrogens with one attached hydrogen (secondary N) is 1. The van der Waals surface area contributed by atoms with Gasteiger partial charge in [-0.2, -0.15) is 10.2 Å². The van der Waals surface area contributed by atoms with Crippen molar-refractivity contribution in [2.24, 2.45) is 7.05 Å². The Bertz CT molecular complexity index is 905. The molecular weight excluding hydrogens is 417 g/mol. The van der Waals surface area contributed by atoms with Crippen molar-refractivity contribution in [1.82, 2.24) is 19.6 Å². The molecule has 3 rings (SSSR count). The number of hydrogen-bond acceptors (Lipinski definition) is 3. The zero-order valence-electron chi connectivity index (χ0n) is 12.5. The molecule has 2 heterocycles. The lowest BCUT2D eigenvalue weighted by atomic mass is 10.2. The molecule has 0 atom stereocenters. The summed E-state index contributed by atoms with van der Waals surface area (Å²) in [7, 11) is 1.75. The average Bonchev–Trinajstić information content (AvgIpc) is 3.09. The Kier molecular flexibility index (Phi) is 4.93. The first-order valence-corrected chi connectivity index (χ1v) is 8.44. The number of hydrogen-bond donors (Lipinski definition) is 1. The maximum absolute atomic E-state index is 12.2. The summed E-state index contributed by atoms with van der Waals surface area (Å²) in [6.45, 7) is 0.456. The Morgan fingerprint density at radius 1 is 1.33 bits per heavy atom. The quantitative estimate of drug-likeness (QED) is 0.683. The van der Waals surface area contributed by atoms with Gasteiger partial charge in [-0.05, 0) is 33.6 Å². The molecule has 0 aliphatic carbocycles. The van der Waals surface area contributed by atoms with E-state index in [2.05, 4.69) is 31.4 Å². The summed E-state index contributed by atoms with van der Waals surface area (Å²) in [5.41, 5.74) is 1.33. The topological polar surface area (TPSA) is 64.7 Å². The van der Waals surface area contributed by atoms with Crippen LogP contribution in [0.1, 0.15) is 15.9 Å². The number of nitrogens with zero attached hydrogens (tertiary/aromatic N) is 4. The van der Waals surface area contributed by atoms with Crippen molar-refractivity contribution in [3.8, 4) is 0 Å². The van der Waals surface area contributed by atoms with Crippen LogP contribution in [0.5, 0.6) is 0 Å². The van der Waals surface area contributed by atoms with E-state index in [9.17, 15) is 4.79 Å². The van der Waals surface area contributed by atoms with Crippen molar-refractivity contribution >= 4 is 50.9 Å². The van der Waals surface area contributed by atoms with E-state index in [0.29, 0.717) is 32.4 Å².